The smallest absolute Gasteiger partial charge is 0.262 e. The Hall–Kier alpha value is -3.20. The lowest BCUT2D eigenvalue weighted by atomic mass is 10.1. The quantitative estimate of drug-likeness (QED) is 0.479. The van der Waals surface area contributed by atoms with Crippen LogP contribution in [0.5, 0.6) is 0 Å². The van der Waals surface area contributed by atoms with E-state index in [9.17, 15) is 13.2 Å². The summed E-state index contributed by atoms with van der Waals surface area (Å²) in [6.07, 6.45) is 0.777. The van der Waals surface area contributed by atoms with Gasteiger partial charge in [-0.05, 0) is 55.2 Å². The second-order valence-electron chi connectivity index (χ2n) is 9.20. The van der Waals surface area contributed by atoms with Gasteiger partial charge in [0.05, 0.1) is 22.3 Å². The van der Waals surface area contributed by atoms with Gasteiger partial charge in [0.1, 0.15) is 0 Å². The number of hydrogen-bond donors (Lipinski definition) is 2. The fourth-order valence-corrected chi connectivity index (χ4v) is 5.76. The van der Waals surface area contributed by atoms with Crippen LogP contribution in [-0.4, -0.2) is 51.6 Å². The molecule has 1 atom stereocenters. The number of sulfonamides is 1. The average Bonchev–Trinajstić information content (AvgIpc) is 3.09. The number of amides is 1. The van der Waals surface area contributed by atoms with E-state index in [2.05, 4.69) is 27.1 Å². The van der Waals surface area contributed by atoms with Gasteiger partial charge >= 0.3 is 0 Å². The summed E-state index contributed by atoms with van der Waals surface area (Å²) < 4.78 is 34.8. The maximum absolute atomic E-state index is 13.1. The largest absolute Gasteiger partial charge is 0.375 e. The minimum Gasteiger partial charge on any atom is -0.375 e. The van der Waals surface area contributed by atoms with Crippen LogP contribution in [0.4, 0.5) is 5.69 Å². The van der Waals surface area contributed by atoms with Gasteiger partial charge in [-0.2, -0.15) is 0 Å². The van der Waals surface area contributed by atoms with Crippen molar-refractivity contribution in [2.75, 3.05) is 31.0 Å². The molecule has 0 saturated carbocycles. The van der Waals surface area contributed by atoms with Gasteiger partial charge in [-0.25, -0.2) is 8.42 Å². The Kier molecular flexibility index (Phi) is 8.40. The van der Waals surface area contributed by atoms with E-state index in [1.54, 1.807) is 43.3 Å². The highest BCUT2D eigenvalue weighted by Crippen LogP contribution is 2.23. The van der Waals surface area contributed by atoms with Gasteiger partial charge in [-0.3, -0.25) is 14.4 Å². The maximum Gasteiger partial charge on any atom is 0.262 e. The molecule has 8 heteroatoms. The predicted molar refractivity (Wildman–Crippen MR) is 142 cm³/mol. The molecule has 1 fully saturated rings. The first-order chi connectivity index (χ1) is 17.3. The molecule has 0 aromatic heterocycles. The molecule has 1 heterocycles. The zero-order valence-corrected chi connectivity index (χ0v) is 21.6. The van der Waals surface area contributed by atoms with Gasteiger partial charge in [0.25, 0.3) is 15.9 Å². The molecule has 1 saturated heterocycles. The van der Waals surface area contributed by atoms with Crippen LogP contribution in [0.25, 0.3) is 0 Å². The van der Waals surface area contributed by atoms with Crippen LogP contribution < -0.4 is 10.0 Å². The molecule has 7 nitrogen and oxygen atoms in total. The van der Waals surface area contributed by atoms with Crippen molar-refractivity contribution in [3.05, 3.63) is 95.1 Å². The van der Waals surface area contributed by atoms with Gasteiger partial charge in [0.2, 0.25) is 0 Å². The Balaban J connectivity index is 1.42. The van der Waals surface area contributed by atoms with Crippen molar-refractivity contribution in [3.63, 3.8) is 0 Å². The molecule has 0 bridgehead atoms. The molecule has 1 aliphatic rings. The number of rotatable bonds is 8. The second-order valence-corrected chi connectivity index (χ2v) is 10.8. The summed E-state index contributed by atoms with van der Waals surface area (Å²) in [4.78, 5) is 15.6. The van der Waals surface area contributed by atoms with Crippen LogP contribution in [0.1, 0.15) is 33.5 Å². The van der Waals surface area contributed by atoms with Crippen LogP contribution in [0.15, 0.2) is 77.7 Å². The Labute approximate surface area is 213 Å². The number of para-hydroxylation sites is 1. The molecular weight excluding hydrogens is 474 g/mol. The molecule has 190 valence electrons. The molecule has 2 N–H and O–H groups in total. The van der Waals surface area contributed by atoms with Crippen LogP contribution >= 0.6 is 0 Å². The van der Waals surface area contributed by atoms with Crippen LogP contribution in [0.3, 0.4) is 0 Å². The molecular formula is C28H33N3O4S. The van der Waals surface area contributed by atoms with Gasteiger partial charge in [0.15, 0.2) is 0 Å². The Morgan fingerprint density at radius 2 is 1.78 bits per heavy atom. The van der Waals surface area contributed by atoms with Gasteiger partial charge in [-0.15, -0.1) is 0 Å². The topological polar surface area (TPSA) is 87.7 Å². The highest BCUT2D eigenvalue weighted by molar-refractivity contribution is 7.92. The minimum atomic E-state index is -3.86. The number of aryl methyl sites for hydroxylation is 2. The average molecular weight is 508 g/mol. The first-order valence-electron chi connectivity index (χ1n) is 12.2. The summed E-state index contributed by atoms with van der Waals surface area (Å²) in [6.45, 7) is 7.03. The number of ether oxygens (including phenoxy) is 1. The SMILES string of the molecule is Cc1ccc(C)c(S(=O)(=O)Nc2ccccc2C(=O)NCC2CN(Cc3ccccc3)CCCO2)c1. The van der Waals surface area contributed by atoms with Crippen molar-refractivity contribution in [1.29, 1.82) is 0 Å². The molecule has 0 radical (unpaired) electrons. The summed E-state index contributed by atoms with van der Waals surface area (Å²) in [5.41, 5.74) is 3.23. The Morgan fingerprint density at radius 1 is 1.03 bits per heavy atom. The molecule has 36 heavy (non-hydrogen) atoms. The minimum absolute atomic E-state index is 0.154. The van der Waals surface area contributed by atoms with Crippen molar-refractivity contribution in [2.24, 2.45) is 0 Å². The van der Waals surface area contributed by atoms with E-state index in [1.165, 1.54) is 5.56 Å². The van der Waals surface area contributed by atoms with Crippen molar-refractivity contribution in [2.45, 2.75) is 37.8 Å². The third kappa shape index (κ3) is 6.72. The van der Waals surface area contributed by atoms with E-state index in [0.29, 0.717) is 25.3 Å². The monoisotopic (exact) mass is 507 g/mol. The van der Waals surface area contributed by atoms with Crippen LogP contribution in [0, 0.1) is 13.8 Å². The first-order valence-corrected chi connectivity index (χ1v) is 13.7. The highest BCUT2D eigenvalue weighted by Gasteiger charge is 2.23. The summed E-state index contributed by atoms with van der Waals surface area (Å²) in [5.74, 6) is -0.350. The molecule has 1 unspecified atom stereocenters. The zero-order chi connectivity index (χ0) is 25.5. The number of nitrogens with one attached hydrogen (secondary N) is 2. The van der Waals surface area contributed by atoms with Gasteiger partial charge in [-0.1, -0.05) is 54.6 Å². The summed E-state index contributed by atoms with van der Waals surface area (Å²) >= 11 is 0. The Morgan fingerprint density at radius 3 is 2.58 bits per heavy atom. The highest BCUT2D eigenvalue weighted by atomic mass is 32.2. The molecule has 0 spiro atoms. The standard InChI is InChI=1S/C28H33N3O4S/c1-21-13-14-22(2)27(17-21)36(33,34)30-26-12-7-6-11-25(26)28(32)29-18-24-20-31(15-8-16-35-24)19-23-9-4-3-5-10-23/h3-7,9-14,17,24,30H,8,15-16,18-20H2,1-2H3,(H,29,32). The lowest BCUT2D eigenvalue weighted by molar-refractivity contribution is 0.0511. The third-order valence-corrected chi connectivity index (χ3v) is 7.73. The number of carbonyl (C=O) groups excluding carboxylic acids is 1. The van der Waals surface area contributed by atoms with Crippen LogP contribution in [-0.2, 0) is 21.3 Å². The molecule has 1 amide bonds. The maximum atomic E-state index is 13.1. The van der Waals surface area contributed by atoms with E-state index < -0.39 is 10.0 Å². The second kappa shape index (κ2) is 11.7. The van der Waals surface area contributed by atoms with Crippen molar-refractivity contribution >= 4 is 21.6 Å². The number of hydrogen-bond acceptors (Lipinski definition) is 5. The van der Waals surface area contributed by atoms with E-state index >= 15 is 0 Å². The van der Waals surface area contributed by atoms with Crippen molar-refractivity contribution in [3.8, 4) is 0 Å². The van der Waals surface area contributed by atoms with Crippen LogP contribution in [0.2, 0.25) is 0 Å². The number of carbonyl (C=O) groups is 1. The van der Waals surface area contributed by atoms with Gasteiger partial charge < -0.3 is 10.1 Å². The normalized spacial score (nSPS) is 16.8. The number of nitrogens with zero attached hydrogens (tertiary/aromatic N) is 1. The number of anilines is 1. The van der Waals surface area contributed by atoms with E-state index in [0.717, 1.165) is 25.1 Å². The van der Waals surface area contributed by atoms with Crippen molar-refractivity contribution < 1.29 is 17.9 Å². The van der Waals surface area contributed by atoms with Crippen molar-refractivity contribution in [1.82, 2.24) is 10.2 Å². The van der Waals surface area contributed by atoms with E-state index in [-0.39, 0.29) is 28.2 Å². The molecule has 3 aromatic carbocycles. The molecule has 3 aromatic rings. The summed E-state index contributed by atoms with van der Waals surface area (Å²) in [7, 11) is -3.86. The molecule has 4 rings (SSSR count). The molecule has 0 aliphatic carbocycles. The summed E-state index contributed by atoms with van der Waals surface area (Å²) in [5, 5.41) is 2.94. The number of benzene rings is 3. The lowest BCUT2D eigenvalue weighted by Crippen LogP contribution is -2.40. The fraction of sp³-hybridized carbons (Fsp3) is 0.321. The first kappa shape index (κ1) is 25.9. The Bertz CT molecular complexity index is 1300. The lowest BCUT2D eigenvalue weighted by Gasteiger charge is -2.24. The van der Waals surface area contributed by atoms with E-state index in [1.807, 2.05) is 31.2 Å². The van der Waals surface area contributed by atoms with E-state index in [4.69, 9.17) is 4.74 Å². The van der Waals surface area contributed by atoms with Gasteiger partial charge in [0, 0.05) is 32.8 Å². The third-order valence-electron chi connectivity index (χ3n) is 6.22. The predicted octanol–water partition coefficient (Wildman–Crippen LogP) is 4.13. The zero-order valence-electron chi connectivity index (χ0n) is 20.7. The fourth-order valence-electron chi connectivity index (χ4n) is 4.35. The molecule has 1 aliphatic heterocycles. The summed E-state index contributed by atoms with van der Waals surface area (Å²) in [6, 6.07) is 22.2.